The highest BCUT2D eigenvalue weighted by atomic mass is 79.9. The lowest BCUT2D eigenvalue weighted by atomic mass is 10.1. The molecule has 0 heterocycles. The van der Waals surface area contributed by atoms with Crippen molar-refractivity contribution in [2.24, 2.45) is 0 Å². The summed E-state index contributed by atoms with van der Waals surface area (Å²) in [5.41, 5.74) is 2.17. The van der Waals surface area contributed by atoms with Crippen molar-refractivity contribution in [1.29, 1.82) is 0 Å². The molecule has 0 aliphatic rings. The van der Waals surface area contributed by atoms with E-state index >= 15 is 0 Å². The van der Waals surface area contributed by atoms with Gasteiger partial charge in [-0.3, -0.25) is 4.79 Å². The van der Waals surface area contributed by atoms with Gasteiger partial charge in [0.15, 0.2) is 0 Å². The molecule has 0 fully saturated rings. The van der Waals surface area contributed by atoms with Crippen molar-refractivity contribution < 1.29 is 4.79 Å². The Kier molecular flexibility index (Phi) is 5.62. The van der Waals surface area contributed by atoms with Crippen molar-refractivity contribution in [3.63, 3.8) is 0 Å². The third-order valence-electron chi connectivity index (χ3n) is 2.88. The van der Waals surface area contributed by atoms with E-state index in [1.807, 2.05) is 42.5 Å². The van der Waals surface area contributed by atoms with Crippen molar-refractivity contribution in [2.75, 3.05) is 18.4 Å². The van der Waals surface area contributed by atoms with E-state index in [1.54, 1.807) is 0 Å². The molecule has 2 aromatic carbocycles. The Morgan fingerprint density at radius 1 is 1.00 bits per heavy atom. The average molecular weight is 333 g/mol. The first kappa shape index (κ1) is 14.6. The predicted molar refractivity (Wildman–Crippen MR) is 85.8 cm³/mol. The molecule has 0 unspecified atom stereocenters. The van der Waals surface area contributed by atoms with Gasteiger partial charge in [0.25, 0.3) is 0 Å². The van der Waals surface area contributed by atoms with Crippen molar-refractivity contribution in [2.45, 2.75) is 6.42 Å². The lowest BCUT2D eigenvalue weighted by Crippen LogP contribution is -2.31. The van der Waals surface area contributed by atoms with E-state index in [1.165, 1.54) is 5.56 Å². The summed E-state index contributed by atoms with van der Waals surface area (Å²) in [6.07, 6.45) is 0.852. The maximum absolute atomic E-state index is 11.7. The Bertz CT molecular complexity index is 540. The zero-order valence-corrected chi connectivity index (χ0v) is 12.7. The molecule has 2 N–H and O–H groups in total. The molecular weight excluding hydrogens is 316 g/mol. The molecule has 0 aliphatic carbocycles. The van der Waals surface area contributed by atoms with E-state index in [9.17, 15) is 4.79 Å². The van der Waals surface area contributed by atoms with Crippen LogP contribution >= 0.6 is 15.9 Å². The smallest absolute Gasteiger partial charge is 0.239 e. The van der Waals surface area contributed by atoms with Crippen molar-refractivity contribution in [1.82, 2.24) is 5.32 Å². The fourth-order valence-electron chi connectivity index (χ4n) is 1.80. The summed E-state index contributed by atoms with van der Waals surface area (Å²) in [4.78, 5) is 11.7. The third kappa shape index (κ3) is 5.05. The molecule has 1 amide bonds. The van der Waals surface area contributed by atoms with Gasteiger partial charge < -0.3 is 10.6 Å². The molecule has 0 saturated carbocycles. The van der Waals surface area contributed by atoms with Crippen LogP contribution in [0.3, 0.4) is 0 Å². The number of carbonyl (C=O) groups excluding carboxylic acids is 1. The summed E-state index contributed by atoms with van der Waals surface area (Å²) in [5, 5.41) is 5.99. The SMILES string of the molecule is O=C(CNc1ccc(Br)cc1)NCCc1ccccc1. The molecule has 4 heteroatoms. The lowest BCUT2D eigenvalue weighted by molar-refractivity contribution is -0.119. The summed E-state index contributed by atoms with van der Waals surface area (Å²) in [7, 11) is 0. The maximum Gasteiger partial charge on any atom is 0.239 e. The van der Waals surface area contributed by atoms with Crippen molar-refractivity contribution in [3.05, 3.63) is 64.6 Å². The molecule has 0 atom stereocenters. The van der Waals surface area contributed by atoms with Crippen molar-refractivity contribution >= 4 is 27.5 Å². The van der Waals surface area contributed by atoms with Crippen LogP contribution in [0.15, 0.2) is 59.1 Å². The highest BCUT2D eigenvalue weighted by Gasteiger charge is 2.00. The first-order chi connectivity index (χ1) is 9.74. The molecule has 3 nitrogen and oxygen atoms in total. The van der Waals surface area contributed by atoms with Gasteiger partial charge in [-0.25, -0.2) is 0 Å². The van der Waals surface area contributed by atoms with Crippen LogP contribution in [0.4, 0.5) is 5.69 Å². The van der Waals surface area contributed by atoms with Gasteiger partial charge in [-0.15, -0.1) is 0 Å². The molecule has 0 aliphatic heterocycles. The van der Waals surface area contributed by atoms with Gasteiger partial charge in [0, 0.05) is 16.7 Å². The zero-order chi connectivity index (χ0) is 14.2. The number of amides is 1. The van der Waals surface area contributed by atoms with Gasteiger partial charge >= 0.3 is 0 Å². The van der Waals surface area contributed by atoms with Crippen LogP contribution in [0, 0.1) is 0 Å². The lowest BCUT2D eigenvalue weighted by Gasteiger charge is -2.08. The van der Waals surface area contributed by atoms with Crippen LogP contribution in [0.25, 0.3) is 0 Å². The van der Waals surface area contributed by atoms with E-state index in [4.69, 9.17) is 0 Å². The minimum atomic E-state index is 0.00356. The zero-order valence-electron chi connectivity index (χ0n) is 11.1. The molecule has 2 aromatic rings. The fourth-order valence-corrected chi connectivity index (χ4v) is 2.07. The minimum absolute atomic E-state index is 0.00356. The van der Waals surface area contributed by atoms with E-state index in [2.05, 4.69) is 38.7 Å². The molecule has 20 heavy (non-hydrogen) atoms. The molecule has 0 saturated heterocycles. The Balaban J connectivity index is 1.67. The summed E-state index contributed by atoms with van der Waals surface area (Å²) in [6, 6.07) is 17.9. The Morgan fingerprint density at radius 3 is 2.40 bits per heavy atom. The van der Waals surface area contributed by atoms with Gasteiger partial charge in [0.05, 0.1) is 6.54 Å². The molecule has 0 aromatic heterocycles. The Labute approximate surface area is 127 Å². The number of nitrogens with one attached hydrogen (secondary N) is 2. The van der Waals surface area contributed by atoms with E-state index < -0.39 is 0 Å². The highest BCUT2D eigenvalue weighted by molar-refractivity contribution is 9.10. The normalized spacial score (nSPS) is 10.1. The Hall–Kier alpha value is -1.81. The van der Waals surface area contributed by atoms with E-state index in [0.29, 0.717) is 6.54 Å². The van der Waals surface area contributed by atoms with Gasteiger partial charge in [0.2, 0.25) is 5.91 Å². The molecular formula is C16H17BrN2O. The van der Waals surface area contributed by atoms with Crippen LogP contribution in [0.1, 0.15) is 5.56 Å². The van der Waals surface area contributed by atoms with Crippen LogP contribution in [0.2, 0.25) is 0 Å². The quantitative estimate of drug-likeness (QED) is 0.852. The van der Waals surface area contributed by atoms with Gasteiger partial charge in [0.1, 0.15) is 0 Å². The average Bonchev–Trinajstić information content (AvgIpc) is 2.48. The van der Waals surface area contributed by atoms with Gasteiger partial charge in [-0.2, -0.15) is 0 Å². The molecule has 104 valence electrons. The fraction of sp³-hybridized carbons (Fsp3) is 0.188. The van der Waals surface area contributed by atoms with E-state index in [-0.39, 0.29) is 12.5 Å². The van der Waals surface area contributed by atoms with Gasteiger partial charge in [-0.05, 0) is 36.2 Å². The number of carbonyl (C=O) groups is 1. The standard InChI is InChI=1S/C16H17BrN2O/c17-14-6-8-15(9-7-14)19-12-16(20)18-11-10-13-4-2-1-3-5-13/h1-9,19H,10-12H2,(H,18,20). The van der Waals surface area contributed by atoms with E-state index in [0.717, 1.165) is 16.6 Å². The number of benzene rings is 2. The van der Waals surface area contributed by atoms with Crippen molar-refractivity contribution in [3.8, 4) is 0 Å². The summed E-state index contributed by atoms with van der Waals surface area (Å²) < 4.78 is 1.02. The van der Waals surface area contributed by atoms with Crippen LogP contribution in [-0.4, -0.2) is 19.0 Å². The highest BCUT2D eigenvalue weighted by Crippen LogP contribution is 2.13. The number of halogens is 1. The molecule has 0 spiro atoms. The molecule has 2 rings (SSSR count). The largest absolute Gasteiger partial charge is 0.376 e. The second kappa shape index (κ2) is 7.70. The number of hydrogen-bond acceptors (Lipinski definition) is 2. The first-order valence-corrected chi connectivity index (χ1v) is 7.33. The number of hydrogen-bond donors (Lipinski definition) is 2. The Morgan fingerprint density at radius 2 is 1.70 bits per heavy atom. The first-order valence-electron chi connectivity index (χ1n) is 6.54. The number of rotatable bonds is 6. The maximum atomic E-state index is 11.7. The summed E-state index contributed by atoms with van der Waals surface area (Å²) >= 11 is 3.37. The molecule has 0 radical (unpaired) electrons. The van der Waals surface area contributed by atoms with Crippen LogP contribution in [-0.2, 0) is 11.2 Å². The third-order valence-corrected chi connectivity index (χ3v) is 3.40. The monoisotopic (exact) mass is 332 g/mol. The second-order valence-corrected chi connectivity index (χ2v) is 5.36. The summed E-state index contributed by atoms with van der Waals surface area (Å²) in [6.45, 7) is 0.946. The van der Waals surface area contributed by atoms with Gasteiger partial charge in [-0.1, -0.05) is 46.3 Å². The second-order valence-electron chi connectivity index (χ2n) is 4.45. The van der Waals surface area contributed by atoms with Crippen LogP contribution in [0.5, 0.6) is 0 Å². The number of anilines is 1. The predicted octanol–water partition coefficient (Wildman–Crippen LogP) is 3.22. The minimum Gasteiger partial charge on any atom is -0.376 e. The molecule has 0 bridgehead atoms. The topological polar surface area (TPSA) is 41.1 Å². The van der Waals surface area contributed by atoms with Crippen LogP contribution < -0.4 is 10.6 Å². The summed E-state index contributed by atoms with van der Waals surface area (Å²) in [5.74, 6) is 0.00356.